The highest BCUT2D eigenvalue weighted by atomic mass is 14.6. The molecule has 0 spiro atoms. The van der Waals surface area contributed by atoms with Crippen LogP contribution in [-0.2, 0) is 0 Å². The van der Waals surface area contributed by atoms with Crippen molar-refractivity contribution in [1.29, 1.82) is 0 Å². The van der Waals surface area contributed by atoms with Crippen molar-refractivity contribution >= 4 is 11.4 Å². The van der Waals surface area contributed by atoms with Crippen molar-refractivity contribution in [2.45, 2.75) is 13.8 Å². The third-order valence-electron chi connectivity index (χ3n) is 1.53. The van der Waals surface area contributed by atoms with Gasteiger partial charge in [-0.3, -0.25) is 0 Å². The van der Waals surface area contributed by atoms with E-state index in [2.05, 4.69) is 0 Å². The first-order valence-corrected chi connectivity index (χ1v) is 3.15. The van der Waals surface area contributed by atoms with E-state index in [4.69, 9.17) is 11.5 Å². The van der Waals surface area contributed by atoms with Crippen LogP contribution in [0.3, 0.4) is 0 Å². The summed E-state index contributed by atoms with van der Waals surface area (Å²) in [5.41, 5.74) is 17.6. The smallest absolute Gasteiger partial charge is 0.0599 e. The van der Waals surface area contributed by atoms with Crippen molar-refractivity contribution in [3.05, 3.63) is 23.3 Å². The van der Waals surface area contributed by atoms with Gasteiger partial charge in [-0.15, -0.1) is 0 Å². The van der Waals surface area contributed by atoms with Crippen LogP contribution in [0.5, 0.6) is 0 Å². The van der Waals surface area contributed by atoms with Crippen LogP contribution in [0.1, 0.15) is 11.1 Å². The molecule has 0 amide bonds. The Bertz CT molecular complexity index is 230. The zero-order valence-corrected chi connectivity index (χ0v) is 6.15. The zero-order chi connectivity index (χ0) is 7.72. The van der Waals surface area contributed by atoms with Gasteiger partial charge >= 0.3 is 0 Å². The number of nitrogens with one attached hydrogen (secondary N) is 2. The van der Waals surface area contributed by atoms with E-state index in [0.717, 1.165) is 11.1 Å². The lowest BCUT2D eigenvalue weighted by Crippen LogP contribution is -1.83. The number of hydrogen-bond donors (Lipinski definition) is 0. The Morgan fingerprint density at radius 2 is 1.40 bits per heavy atom. The summed E-state index contributed by atoms with van der Waals surface area (Å²) in [6.45, 7) is 3.71. The lowest BCUT2D eigenvalue weighted by molar-refractivity contribution is 1.29. The van der Waals surface area contributed by atoms with E-state index in [9.17, 15) is 0 Å². The highest BCUT2D eigenvalue weighted by Crippen LogP contribution is 2.21. The molecule has 52 valence electrons. The van der Waals surface area contributed by atoms with Crippen molar-refractivity contribution in [2.24, 2.45) is 0 Å². The van der Waals surface area contributed by atoms with Crippen LogP contribution in [0, 0.1) is 13.8 Å². The van der Waals surface area contributed by atoms with E-state index in [-0.39, 0.29) is 0 Å². The first kappa shape index (κ1) is 6.93. The second-order valence-electron chi connectivity index (χ2n) is 2.49. The maximum Gasteiger partial charge on any atom is 0.0599 e. The van der Waals surface area contributed by atoms with Gasteiger partial charge in [-0.25, -0.2) is 0 Å². The molecule has 0 aromatic heterocycles. The van der Waals surface area contributed by atoms with Crippen LogP contribution < -0.4 is 11.5 Å². The second kappa shape index (κ2) is 2.21. The fourth-order valence-corrected chi connectivity index (χ4v) is 0.964. The van der Waals surface area contributed by atoms with Gasteiger partial charge in [-0.2, -0.15) is 0 Å². The first-order valence-electron chi connectivity index (χ1n) is 3.15. The first-order chi connectivity index (χ1) is 4.61. The van der Waals surface area contributed by atoms with E-state index in [1.165, 1.54) is 0 Å². The van der Waals surface area contributed by atoms with E-state index in [1.54, 1.807) is 12.1 Å². The highest BCUT2D eigenvalue weighted by Gasteiger charge is 1.98. The average Bonchev–Trinajstić information content (AvgIpc) is 1.82. The normalized spacial score (nSPS) is 9.80. The molecule has 2 heteroatoms. The van der Waals surface area contributed by atoms with Crippen LogP contribution in [0.4, 0.5) is 11.4 Å². The molecule has 1 rings (SSSR count). The Labute approximate surface area is 60.8 Å². The Hall–Kier alpha value is -1.18. The van der Waals surface area contributed by atoms with E-state index in [0.29, 0.717) is 11.4 Å². The van der Waals surface area contributed by atoms with Crippen LogP contribution in [0.2, 0.25) is 0 Å². The molecule has 2 radical (unpaired) electrons. The summed E-state index contributed by atoms with van der Waals surface area (Å²) >= 11 is 0. The predicted molar refractivity (Wildman–Crippen MR) is 41.4 cm³/mol. The van der Waals surface area contributed by atoms with Crippen LogP contribution in [0.15, 0.2) is 12.1 Å². The van der Waals surface area contributed by atoms with Gasteiger partial charge in [0.25, 0.3) is 0 Å². The van der Waals surface area contributed by atoms with E-state index < -0.39 is 0 Å². The van der Waals surface area contributed by atoms with Crippen molar-refractivity contribution in [2.75, 3.05) is 0 Å². The van der Waals surface area contributed by atoms with Gasteiger partial charge in [0.1, 0.15) is 0 Å². The topological polar surface area (TPSA) is 47.6 Å². The zero-order valence-electron chi connectivity index (χ0n) is 6.15. The quantitative estimate of drug-likeness (QED) is 0.522. The van der Waals surface area contributed by atoms with Crippen molar-refractivity contribution in [3.8, 4) is 0 Å². The van der Waals surface area contributed by atoms with Crippen molar-refractivity contribution in [1.82, 2.24) is 11.5 Å². The molecular formula is C8H10N2. The van der Waals surface area contributed by atoms with Crippen molar-refractivity contribution in [3.63, 3.8) is 0 Å². The molecule has 0 unspecified atom stereocenters. The molecule has 0 aliphatic carbocycles. The number of rotatable bonds is 0. The van der Waals surface area contributed by atoms with Gasteiger partial charge in [0, 0.05) is 0 Å². The summed E-state index contributed by atoms with van der Waals surface area (Å²) in [5, 5.41) is 0. The Balaban J connectivity index is 3.31. The predicted octanol–water partition coefficient (Wildman–Crippen LogP) is 2.13. The molecule has 2 nitrogen and oxygen atoms in total. The molecule has 10 heavy (non-hydrogen) atoms. The lowest BCUT2D eigenvalue weighted by atomic mass is 10.1. The van der Waals surface area contributed by atoms with Gasteiger partial charge in [-0.05, 0) is 37.1 Å². The van der Waals surface area contributed by atoms with Gasteiger partial charge < -0.3 is 11.5 Å². The van der Waals surface area contributed by atoms with E-state index >= 15 is 0 Å². The van der Waals surface area contributed by atoms with Gasteiger partial charge in [0.05, 0.1) is 11.4 Å². The lowest BCUT2D eigenvalue weighted by Gasteiger charge is -2.02. The molecule has 1 aromatic rings. The largest absolute Gasteiger partial charge is 0.301 e. The molecule has 0 fully saturated rings. The van der Waals surface area contributed by atoms with E-state index in [1.807, 2.05) is 13.8 Å². The summed E-state index contributed by atoms with van der Waals surface area (Å²) in [4.78, 5) is 0. The molecule has 0 aliphatic rings. The number of aryl methyl sites for hydroxylation is 2. The molecule has 0 atom stereocenters. The minimum absolute atomic E-state index is 0.492. The highest BCUT2D eigenvalue weighted by molar-refractivity contribution is 5.56. The number of benzene rings is 1. The summed E-state index contributed by atoms with van der Waals surface area (Å²) in [6, 6.07) is 3.41. The van der Waals surface area contributed by atoms with Gasteiger partial charge in [-0.1, -0.05) is 0 Å². The molecule has 0 saturated heterocycles. The fraction of sp³-hybridized carbons (Fsp3) is 0.250. The van der Waals surface area contributed by atoms with Crippen molar-refractivity contribution < 1.29 is 0 Å². The summed E-state index contributed by atoms with van der Waals surface area (Å²) in [6.07, 6.45) is 0. The Morgan fingerprint density at radius 3 is 1.80 bits per heavy atom. The molecule has 1 aromatic carbocycles. The van der Waals surface area contributed by atoms with Gasteiger partial charge in [0.2, 0.25) is 0 Å². The SMILES string of the molecule is Cc1cc([NH])cc(C)c1[NH]. The summed E-state index contributed by atoms with van der Waals surface area (Å²) in [5.74, 6) is 0. The Kier molecular flexibility index (Phi) is 1.53. The average molecular weight is 134 g/mol. The molecule has 0 heterocycles. The second-order valence-corrected chi connectivity index (χ2v) is 2.49. The van der Waals surface area contributed by atoms with Crippen LogP contribution >= 0.6 is 0 Å². The molecule has 0 saturated carbocycles. The van der Waals surface area contributed by atoms with Crippen LogP contribution in [0.25, 0.3) is 0 Å². The fourth-order valence-electron chi connectivity index (χ4n) is 0.964. The van der Waals surface area contributed by atoms with Gasteiger partial charge in [0.15, 0.2) is 0 Å². The minimum Gasteiger partial charge on any atom is -0.301 e. The van der Waals surface area contributed by atoms with Crippen LogP contribution in [-0.4, -0.2) is 0 Å². The number of hydrogen-bond acceptors (Lipinski definition) is 0. The molecule has 0 bridgehead atoms. The minimum atomic E-state index is 0.492. The Morgan fingerprint density at radius 1 is 1.00 bits per heavy atom. The maximum atomic E-state index is 7.46. The summed E-state index contributed by atoms with van der Waals surface area (Å²) < 4.78 is 0. The standard InChI is InChI=1S/C8H10N2/c1-5-3-7(9)4-6(2)8(5)10/h3-4,9-10H,1-2H3. The molecule has 0 aliphatic heterocycles. The molecule has 2 N–H and O–H groups in total. The monoisotopic (exact) mass is 134 g/mol. The summed E-state index contributed by atoms with van der Waals surface area (Å²) in [7, 11) is 0. The third kappa shape index (κ3) is 1.05. The molecular weight excluding hydrogens is 124 g/mol. The maximum absolute atomic E-state index is 7.46. The third-order valence-corrected chi connectivity index (χ3v) is 1.53.